The number of thioether (sulfide) groups is 1. The summed E-state index contributed by atoms with van der Waals surface area (Å²) in [6.07, 6.45) is 4.04. The maximum atomic E-state index is 5.02. The van der Waals surface area contributed by atoms with Crippen LogP contribution in [-0.2, 0) is 0 Å². The summed E-state index contributed by atoms with van der Waals surface area (Å²) < 4.78 is 5.02. The normalized spacial score (nSPS) is 19.6. The third-order valence-electron chi connectivity index (χ3n) is 2.66. The van der Waals surface area contributed by atoms with Gasteiger partial charge in [-0.3, -0.25) is 4.99 Å². The molecule has 2 heterocycles. The van der Waals surface area contributed by atoms with E-state index in [4.69, 9.17) is 4.74 Å². The van der Waals surface area contributed by atoms with Gasteiger partial charge in [-0.2, -0.15) is 0 Å². The second-order valence-corrected chi connectivity index (χ2v) is 4.93. The number of nitrogens with one attached hydrogen (secondary N) is 1. The molecule has 1 aliphatic heterocycles. The van der Waals surface area contributed by atoms with Gasteiger partial charge in [-0.1, -0.05) is 18.7 Å². The molecule has 92 valence electrons. The Morgan fingerprint density at radius 1 is 1.53 bits per heavy atom. The minimum atomic E-state index is 0.463. The fourth-order valence-electron chi connectivity index (χ4n) is 1.62. The lowest BCUT2D eigenvalue weighted by Gasteiger charge is -2.19. The summed E-state index contributed by atoms with van der Waals surface area (Å²) in [7, 11) is 1.61. The second kappa shape index (κ2) is 5.91. The molecule has 0 aliphatic carbocycles. The molecule has 0 amide bonds. The Bertz CT molecular complexity index is 391. The number of hydrogen-bond acceptors (Lipinski definition) is 5. The van der Waals surface area contributed by atoms with Gasteiger partial charge in [0, 0.05) is 11.8 Å². The first-order chi connectivity index (χ1) is 8.31. The highest BCUT2D eigenvalue weighted by molar-refractivity contribution is 8.14. The van der Waals surface area contributed by atoms with Crippen LogP contribution in [0.5, 0.6) is 5.88 Å². The van der Waals surface area contributed by atoms with Gasteiger partial charge in [0.1, 0.15) is 0 Å². The fourth-order valence-corrected chi connectivity index (χ4v) is 2.62. The maximum Gasteiger partial charge on any atom is 0.213 e. The number of pyridine rings is 1. The Morgan fingerprint density at radius 3 is 3.06 bits per heavy atom. The molecule has 0 aromatic carbocycles. The Hall–Kier alpha value is -1.23. The molecule has 4 nitrogen and oxygen atoms in total. The number of methoxy groups -OCH3 is 1. The van der Waals surface area contributed by atoms with Crippen molar-refractivity contribution in [2.24, 2.45) is 4.99 Å². The van der Waals surface area contributed by atoms with Crippen LogP contribution in [0, 0.1) is 0 Å². The maximum absolute atomic E-state index is 5.02. The highest BCUT2D eigenvalue weighted by Gasteiger charge is 2.13. The third-order valence-corrected chi connectivity index (χ3v) is 3.58. The molecule has 0 spiro atoms. The van der Waals surface area contributed by atoms with Crippen LogP contribution < -0.4 is 10.1 Å². The summed E-state index contributed by atoms with van der Waals surface area (Å²) in [5.41, 5.74) is 0.953. The molecule has 0 fully saturated rings. The van der Waals surface area contributed by atoms with E-state index >= 15 is 0 Å². The minimum Gasteiger partial charge on any atom is -0.481 e. The number of aliphatic imine (C=N–C) groups is 1. The molecule has 1 atom stereocenters. The lowest BCUT2D eigenvalue weighted by molar-refractivity contribution is 0.398. The van der Waals surface area contributed by atoms with Crippen LogP contribution in [0.3, 0.4) is 0 Å². The summed E-state index contributed by atoms with van der Waals surface area (Å²) in [5, 5.41) is 4.29. The molecule has 0 bridgehead atoms. The van der Waals surface area contributed by atoms with Crippen molar-refractivity contribution in [2.75, 3.05) is 18.2 Å². The van der Waals surface area contributed by atoms with E-state index in [-0.39, 0.29) is 0 Å². The molecule has 17 heavy (non-hydrogen) atoms. The lowest BCUT2D eigenvalue weighted by Crippen LogP contribution is -2.19. The Labute approximate surface area is 106 Å². The van der Waals surface area contributed by atoms with Crippen LogP contribution in [0.1, 0.15) is 19.8 Å². The smallest absolute Gasteiger partial charge is 0.213 e. The van der Waals surface area contributed by atoms with E-state index in [2.05, 4.69) is 22.2 Å². The molecule has 1 N–H and O–H groups in total. The van der Waals surface area contributed by atoms with Crippen LogP contribution >= 0.6 is 11.8 Å². The molecule has 0 saturated carbocycles. The quantitative estimate of drug-likeness (QED) is 0.897. The van der Waals surface area contributed by atoms with Gasteiger partial charge in [0.05, 0.1) is 25.0 Å². The first-order valence-corrected chi connectivity index (χ1v) is 6.78. The average Bonchev–Trinajstić information content (AvgIpc) is 2.40. The van der Waals surface area contributed by atoms with Gasteiger partial charge in [0.2, 0.25) is 5.88 Å². The minimum absolute atomic E-state index is 0.463. The van der Waals surface area contributed by atoms with Crippen LogP contribution in [0.4, 0.5) is 5.69 Å². The Balaban J connectivity index is 2.02. The molecule has 2 rings (SSSR count). The van der Waals surface area contributed by atoms with E-state index in [1.165, 1.54) is 6.42 Å². The van der Waals surface area contributed by atoms with E-state index in [9.17, 15) is 0 Å². The number of aromatic nitrogens is 1. The average molecular weight is 251 g/mol. The highest BCUT2D eigenvalue weighted by Crippen LogP contribution is 2.21. The van der Waals surface area contributed by atoms with Crippen LogP contribution in [0.25, 0.3) is 0 Å². The van der Waals surface area contributed by atoms with Gasteiger partial charge < -0.3 is 10.1 Å². The zero-order valence-electron chi connectivity index (χ0n) is 10.1. The lowest BCUT2D eigenvalue weighted by atomic mass is 10.2. The standard InChI is InChI=1S/C12H17N3OS/c1-3-9-6-7-17-12(14-9)15-10-4-5-11(16-2)13-8-10/h4-5,8-9H,3,6-7H2,1-2H3,(H,14,15). The van der Waals surface area contributed by atoms with Crippen molar-refractivity contribution >= 4 is 22.6 Å². The summed E-state index contributed by atoms with van der Waals surface area (Å²) in [6.45, 7) is 2.18. The molecule has 1 aromatic heterocycles. The van der Waals surface area contributed by atoms with Crippen molar-refractivity contribution in [3.63, 3.8) is 0 Å². The van der Waals surface area contributed by atoms with Crippen molar-refractivity contribution in [3.05, 3.63) is 18.3 Å². The SMILES string of the molecule is CCC1CCSC(Nc2ccc(OC)nc2)=N1. The van der Waals surface area contributed by atoms with Gasteiger partial charge in [-0.25, -0.2) is 4.98 Å². The molecule has 0 radical (unpaired) electrons. The van der Waals surface area contributed by atoms with E-state index < -0.39 is 0 Å². The molecule has 1 aliphatic rings. The van der Waals surface area contributed by atoms with Crippen molar-refractivity contribution in [1.29, 1.82) is 0 Å². The summed E-state index contributed by atoms with van der Waals surface area (Å²) >= 11 is 1.77. The van der Waals surface area contributed by atoms with Crippen LogP contribution in [0.15, 0.2) is 23.3 Å². The van der Waals surface area contributed by atoms with Gasteiger partial charge in [0.25, 0.3) is 0 Å². The highest BCUT2D eigenvalue weighted by atomic mass is 32.2. The zero-order valence-corrected chi connectivity index (χ0v) is 11.0. The van der Waals surface area contributed by atoms with E-state index in [0.29, 0.717) is 11.9 Å². The van der Waals surface area contributed by atoms with Crippen LogP contribution in [0.2, 0.25) is 0 Å². The zero-order chi connectivity index (χ0) is 12.1. The number of ether oxygens (including phenoxy) is 1. The largest absolute Gasteiger partial charge is 0.481 e. The fraction of sp³-hybridized carbons (Fsp3) is 0.500. The first kappa shape index (κ1) is 12.2. The van der Waals surface area contributed by atoms with Crippen molar-refractivity contribution in [1.82, 2.24) is 4.98 Å². The monoisotopic (exact) mass is 251 g/mol. The predicted octanol–water partition coefficient (Wildman–Crippen LogP) is 2.77. The van der Waals surface area contributed by atoms with Gasteiger partial charge >= 0.3 is 0 Å². The van der Waals surface area contributed by atoms with E-state index in [1.54, 1.807) is 25.1 Å². The second-order valence-electron chi connectivity index (χ2n) is 3.85. The molecular formula is C12H17N3OS. The van der Waals surface area contributed by atoms with Gasteiger partial charge in [-0.15, -0.1) is 0 Å². The number of hydrogen-bond donors (Lipinski definition) is 1. The predicted molar refractivity (Wildman–Crippen MR) is 73.0 cm³/mol. The molecular weight excluding hydrogens is 234 g/mol. The molecule has 5 heteroatoms. The van der Waals surface area contributed by atoms with E-state index in [0.717, 1.165) is 23.0 Å². The van der Waals surface area contributed by atoms with Crippen LogP contribution in [-0.4, -0.2) is 29.1 Å². The summed E-state index contributed by atoms with van der Waals surface area (Å²) in [4.78, 5) is 8.80. The van der Waals surface area contributed by atoms with Crippen molar-refractivity contribution in [2.45, 2.75) is 25.8 Å². The number of nitrogens with zero attached hydrogens (tertiary/aromatic N) is 2. The van der Waals surface area contributed by atoms with Crippen molar-refractivity contribution < 1.29 is 4.74 Å². The first-order valence-electron chi connectivity index (χ1n) is 5.79. The molecule has 1 aromatic rings. The van der Waals surface area contributed by atoms with Crippen molar-refractivity contribution in [3.8, 4) is 5.88 Å². The number of rotatable bonds is 3. The summed E-state index contributed by atoms with van der Waals surface area (Å²) in [6, 6.07) is 4.25. The topological polar surface area (TPSA) is 46.5 Å². The van der Waals surface area contributed by atoms with Gasteiger partial charge in [0.15, 0.2) is 5.17 Å². The number of amidine groups is 1. The number of anilines is 1. The van der Waals surface area contributed by atoms with Gasteiger partial charge in [-0.05, 0) is 18.9 Å². The Kier molecular flexibility index (Phi) is 4.25. The van der Waals surface area contributed by atoms with E-state index in [1.807, 2.05) is 12.1 Å². The molecule has 1 unspecified atom stereocenters. The summed E-state index contributed by atoms with van der Waals surface area (Å²) in [5.74, 6) is 1.76. The third kappa shape index (κ3) is 3.36. The Morgan fingerprint density at radius 2 is 2.41 bits per heavy atom. The molecule has 0 saturated heterocycles.